The molecule has 19 heavy (non-hydrogen) atoms. The first-order valence-electron chi connectivity index (χ1n) is 7.31. The molecule has 0 radical (unpaired) electrons. The van der Waals surface area contributed by atoms with E-state index < -0.39 is 0 Å². The summed E-state index contributed by atoms with van der Waals surface area (Å²) in [4.78, 5) is 4.69. The van der Waals surface area contributed by atoms with Gasteiger partial charge in [0, 0.05) is 32.1 Å². The third kappa shape index (κ3) is 3.04. The molecule has 0 spiro atoms. The number of nitrogens with zero attached hydrogens (tertiary/aromatic N) is 4. The predicted molar refractivity (Wildman–Crippen MR) is 76.6 cm³/mol. The quantitative estimate of drug-likeness (QED) is 0.849. The molecule has 2 aliphatic heterocycles. The van der Waals surface area contributed by atoms with Crippen LogP contribution in [0, 0.1) is 0 Å². The lowest BCUT2D eigenvalue weighted by Gasteiger charge is -2.20. The molecule has 1 N–H and O–H groups in total. The number of likely N-dealkylation sites (N-methyl/N-ethyl adjacent to an activating group) is 1. The van der Waals surface area contributed by atoms with Crippen molar-refractivity contribution in [3.05, 3.63) is 17.8 Å². The highest BCUT2D eigenvalue weighted by Crippen LogP contribution is 2.25. The zero-order chi connectivity index (χ0) is 13.1. The van der Waals surface area contributed by atoms with Gasteiger partial charge in [-0.15, -0.1) is 5.10 Å². The van der Waals surface area contributed by atoms with Gasteiger partial charge >= 0.3 is 0 Å². The zero-order valence-electron chi connectivity index (χ0n) is 11.7. The van der Waals surface area contributed by atoms with Crippen LogP contribution in [-0.4, -0.2) is 61.4 Å². The van der Waals surface area contributed by atoms with Crippen LogP contribution < -0.4 is 10.2 Å². The molecule has 0 aromatic carbocycles. The molecule has 1 atom stereocenters. The molecule has 0 saturated carbocycles. The first-order chi connectivity index (χ1) is 9.33. The number of rotatable bonds is 2. The Hall–Kier alpha value is -1.20. The Morgan fingerprint density at radius 1 is 1.16 bits per heavy atom. The molecule has 2 fully saturated rings. The molecule has 0 bridgehead atoms. The van der Waals surface area contributed by atoms with Gasteiger partial charge in [-0.2, -0.15) is 5.10 Å². The van der Waals surface area contributed by atoms with E-state index in [-0.39, 0.29) is 0 Å². The van der Waals surface area contributed by atoms with E-state index in [1.165, 1.54) is 19.4 Å². The Balaban J connectivity index is 1.67. The van der Waals surface area contributed by atoms with Gasteiger partial charge in [-0.05, 0) is 45.1 Å². The fourth-order valence-electron chi connectivity index (χ4n) is 2.97. The topological polar surface area (TPSA) is 44.3 Å². The summed E-state index contributed by atoms with van der Waals surface area (Å²) in [5, 5.41) is 12.3. The average molecular weight is 261 g/mol. The van der Waals surface area contributed by atoms with Gasteiger partial charge in [-0.3, -0.25) is 0 Å². The van der Waals surface area contributed by atoms with E-state index in [1.54, 1.807) is 0 Å². The Morgan fingerprint density at radius 2 is 2.11 bits per heavy atom. The summed E-state index contributed by atoms with van der Waals surface area (Å²) in [6, 6.07) is 4.32. The minimum atomic E-state index is 0.567. The van der Waals surface area contributed by atoms with Crippen LogP contribution >= 0.6 is 0 Å². The standard InChI is InChI=1S/C14H23N5/c1-18-9-5-12(11-18)13-3-4-14(17-16-13)19-8-2-6-15-7-10-19/h3-4,12,15H,2,5-11H2,1H3. The molecule has 5 nitrogen and oxygen atoms in total. The summed E-state index contributed by atoms with van der Waals surface area (Å²) < 4.78 is 0. The van der Waals surface area contributed by atoms with Crippen molar-refractivity contribution in [2.24, 2.45) is 0 Å². The van der Waals surface area contributed by atoms with Gasteiger partial charge in [-0.1, -0.05) is 0 Å². The number of anilines is 1. The van der Waals surface area contributed by atoms with E-state index in [9.17, 15) is 0 Å². The van der Waals surface area contributed by atoms with E-state index in [0.29, 0.717) is 5.92 Å². The molecule has 3 heterocycles. The molecule has 1 aromatic heterocycles. The molecular formula is C14H23N5. The van der Waals surface area contributed by atoms with E-state index in [2.05, 4.69) is 44.5 Å². The fourth-order valence-corrected chi connectivity index (χ4v) is 2.97. The molecule has 1 unspecified atom stereocenters. The van der Waals surface area contributed by atoms with Crippen molar-refractivity contribution in [2.75, 3.05) is 51.2 Å². The lowest BCUT2D eigenvalue weighted by molar-refractivity contribution is 0.410. The van der Waals surface area contributed by atoms with Crippen LogP contribution in [0.2, 0.25) is 0 Å². The maximum Gasteiger partial charge on any atom is 0.151 e. The summed E-state index contributed by atoms with van der Waals surface area (Å²) >= 11 is 0. The van der Waals surface area contributed by atoms with Crippen molar-refractivity contribution in [2.45, 2.75) is 18.8 Å². The van der Waals surface area contributed by atoms with E-state index in [1.807, 2.05) is 0 Å². The highest BCUT2D eigenvalue weighted by atomic mass is 15.3. The second-order valence-corrected chi connectivity index (χ2v) is 5.65. The minimum Gasteiger partial charge on any atom is -0.354 e. The van der Waals surface area contributed by atoms with Crippen molar-refractivity contribution >= 4 is 5.82 Å². The summed E-state index contributed by atoms with van der Waals surface area (Å²) in [5.74, 6) is 1.59. The van der Waals surface area contributed by atoms with Crippen molar-refractivity contribution < 1.29 is 0 Å². The Bertz CT molecular complexity index is 397. The number of nitrogens with one attached hydrogen (secondary N) is 1. The van der Waals surface area contributed by atoms with Gasteiger partial charge in [0.05, 0.1) is 5.69 Å². The smallest absolute Gasteiger partial charge is 0.151 e. The average Bonchev–Trinajstić information content (AvgIpc) is 2.72. The van der Waals surface area contributed by atoms with Crippen molar-refractivity contribution in [3.8, 4) is 0 Å². The molecule has 0 amide bonds. The summed E-state index contributed by atoms with van der Waals surface area (Å²) in [5.41, 5.74) is 1.15. The molecule has 1 aromatic rings. The summed E-state index contributed by atoms with van der Waals surface area (Å²) in [6.45, 7) is 6.54. The highest BCUT2D eigenvalue weighted by molar-refractivity contribution is 5.38. The third-order valence-corrected chi connectivity index (χ3v) is 4.14. The minimum absolute atomic E-state index is 0.567. The number of hydrogen-bond donors (Lipinski definition) is 1. The van der Waals surface area contributed by atoms with Gasteiger partial charge in [0.15, 0.2) is 5.82 Å². The normalized spacial score (nSPS) is 25.5. The molecule has 5 heteroatoms. The summed E-state index contributed by atoms with van der Waals surface area (Å²) in [6.07, 6.45) is 2.38. The first-order valence-corrected chi connectivity index (χ1v) is 7.31. The molecular weight excluding hydrogens is 238 g/mol. The van der Waals surface area contributed by atoms with Gasteiger partial charge in [0.1, 0.15) is 0 Å². The van der Waals surface area contributed by atoms with E-state index in [4.69, 9.17) is 0 Å². The van der Waals surface area contributed by atoms with Crippen LogP contribution in [0.4, 0.5) is 5.82 Å². The Morgan fingerprint density at radius 3 is 2.84 bits per heavy atom. The van der Waals surface area contributed by atoms with Crippen LogP contribution in [0.1, 0.15) is 24.5 Å². The van der Waals surface area contributed by atoms with Gasteiger partial charge in [0.2, 0.25) is 0 Å². The zero-order valence-corrected chi connectivity index (χ0v) is 11.7. The first kappa shape index (κ1) is 12.8. The monoisotopic (exact) mass is 261 g/mol. The van der Waals surface area contributed by atoms with Crippen LogP contribution in [0.5, 0.6) is 0 Å². The molecule has 2 aliphatic rings. The van der Waals surface area contributed by atoms with E-state index >= 15 is 0 Å². The van der Waals surface area contributed by atoms with Crippen LogP contribution in [0.25, 0.3) is 0 Å². The maximum atomic E-state index is 4.46. The second-order valence-electron chi connectivity index (χ2n) is 5.65. The second kappa shape index (κ2) is 5.84. The van der Waals surface area contributed by atoms with Crippen molar-refractivity contribution in [3.63, 3.8) is 0 Å². The molecule has 104 valence electrons. The lowest BCUT2D eigenvalue weighted by atomic mass is 10.1. The third-order valence-electron chi connectivity index (χ3n) is 4.14. The van der Waals surface area contributed by atoms with Crippen LogP contribution in [0.15, 0.2) is 12.1 Å². The van der Waals surface area contributed by atoms with Crippen molar-refractivity contribution in [1.82, 2.24) is 20.4 Å². The van der Waals surface area contributed by atoms with E-state index in [0.717, 1.165) is 44.2 Å². The maximum absolute atomic E-state index is 4.46. The summed E-state index contributed by atoms with van der Waals surface area (Å²) in [7, 11) is 2.17. The SMILES string of the molecule is CN1CCC(c2ccc(N3CCCNCC3)nn2)C1. The fraction of sp³-hybridized carbons (Fsp3) is 0.714. The van der Waals surface area contributed by atoms with Gasteiger partial charge < -0.3 is 15.1 Å². The highest BCUT2D eigenvalue weighted by Gasteiger charge is 2.22. The Kier molecular flexibility index (Phi) is 3.94. The van der Waals surface area contributed by atoms with Crippen LogP contribution in [0.3, 0.4) is 0 Å². The Labute approximate surface area is 115 Å². The lowest BCUT2D eigenvalue weighted by Crippen LogP contribution is -2.28. The number of aromatic nitrogens is 2. The molecule has 0 aliphatic carbocycles. The van der Waals surface area contributed by atoms with Crippen molar-refractivity contribution in [1.29, 1.82) is 0 Å². The molecule has 2 saturated heterocycles. The predicted octanol–water partition coefficient (Wildman–Crippen LogP) is 0.695. The van der Waals surface area contributed by atoms with Gasteiger partial charge in [0.25, 0.3) is 0 Å². The van der Waals surface area contributed by atoms with Gasteiger partial charge in [-0.25, -0.2) is 0 Å². The van der Waals surface area contributed by atoms with Crippen LogP contribution in [-0.2, 0) is 0 Å². The largest absolute Gasteiger partial charge is 0.354 e. The number of likely N-dealkylation sites (tertiary alicyclic amines) is 1. The molecule has 3 rings (SSSR count). The number of hydrogen-bond acceptors (Lipinski definition) is 5.